The molecule has 0 aliphatic heterocycles. The van der Waals surface area contributed by atoms with Crippen molar-refractivity contribution in [2.45, 2.75) is 11.8 Å². The third kappa shape index (κ3) is 1.99. The molecular formula is C8H11NO3S. The van der Waals surface area contributed by atoms with E-state index in [1.54, 1.807) is 19.1 Å². The van der Waals surface area contributed by atoms with Gasteiger partial charge in [0.15, 0.2) is 15.6 Å². The first-order valence-electron chi connectivity index (χ1n) is 3.80. The van der Waals surface area contributed by atoms with Gasteiger partial charge in [-0.1, -0.05) is 19.1 Å². The second kappa shape index (κ2) is 3.76. The standard InChI is InChI=1S/C8H11NO3S/c1-2-13(10,11)8-6-4-3-5-7(8)12-9/h3-6H,2,9H2,1H3. The molecule has 0 amide bonds. The van der Waals surface area contributed by atoms with Crippen molar-refractivity contribution in [3.8, 4) is 5.75 Å². The van der Waals surface area contributed by atoms with Gasteiger partial charge in [-0.25, -0.2) is 8.42 Å². The van der Waals surface area contributed by atoms with E-state index in [9.17, 15) is 8.42 Å². The van der Waals surface area contributed by atoms with Crippen molar-refractivity contribution in [2.75, 3.05) is 5.75 Å². The van der Waals surface area contributed by atoms with Crippen LogP contribution in [0.3, 0.4) is 0 Å². The molecule has 0 heterocycles. The summed E-state index contributed by atoms with van der Waals surface area (Å²) in [6.45, 7) is 1.57. The average molecular weight is 201 g/mol. The van der Waals surface area contributed by atoms with Crippen LogP contribution in [0, 0.1) is 0 Å². The van der Waals surface area contributed by atoms with E-state index in [0.29, 0.717) is 0 Å². The lowest BCUT2D eigenvalue weighted by molar-refractivity contribution is 0.325. The van der Waals surface area contributed by atoms with E-state index in [2.05, 4.69) is 4.84 Å². The molecule has 1 aromatic rings. The highest BCUT2D eigenvalue weighted by atomic mass is 32.2. The third-order valence-corrected chi connectivity index (χ3v) is 3.46. The van der Waals surface area contributed by atoms with E-state index in [1.165, 1.54) is 12.1 Å². The molecule has 4 nitrogen and oxygen atoms in total. The van der Waals surface area contributed by atoms with Crippen molar-refractivity contribution >= 4 is 9.84 Å². The second-order valence-corrected chi connectivity index (χ2v) is 4.71. The number of hydrogen-bond donors (Lipinski definition) is 1. The number of benzene rings is 1. The van der Waals surface area contributed by atoms with Crippen molar-refractivity contribution in [3.63, 3.8) is 0 Å². The van der Waals surface area contributed by atoms with Crippen molar-refractivity contribution in [3.05, 3.63) is 24.3 Å². The van der Waals surface area contributed by atoms with Crippen LogP contribution in [0.25, 0.3) is 0 Å². The molecule has 0 saturated carbocycles. The van der Waals surface area contributed by atoms with E-state index in [0.717, 1.165) is 0 Å². The minimum atomic E-state index is -3.25. The van der Waals surface area contributed by atoms with Gasteiger partial charge in [0, 0.05) is 0 Å². The molecule has 1 aromatic carbocycles. The van der Waals surface area contributed by atoms with E-state index in [-0.39, 0.29) is 16.4 Å². The Labute approximate surface area is 77.2 Å². The lowest BCUT2D eigenvalue weighted by Crippen LogP contribution is -2.10. The maximum Gasteiger partial charge on any atom is 0.181 e. The predicted molar refractivity (Wildman–Crippen MR) is 49.0 cm³/mol. The minimum absolute atomic E-state index is 0.0351. The normalized spacial score (nSPS) is 11.2. The summed E-state index contributed by atoms with van der Waals surface area (Å²) in [5.74, 6) is 5.16. The van der Waals surface area contributed by atoms with Crippen LogP contribution in [-0.4, -0.2) is 14.2 Å². The molecule has 0 radical (unpaired) electrons. The first-order chi connectivity index (χ1) is 6.11. The summed E-state index contributed by atoms with van der Waals surface area (Å²) in [4.78, 5) is 4.59. The molecule has 72 valence electrons. The fraction of sp³-hybridized carbons (Fsp3) is 0.250. The van der Waals surface area contributed by atoms with Crippen LogP contribution < -0.4 is 10.7 Å². The molecule has 0 atom stereocenters. The maximum absolute atomic E-state index is 11.4. The van der Waals surface area contributed by atoms with Gasteiger partial charge in [0.25, 0.3) is 0 Å². The van der Waals surface area contributed by atoms with E-state index in [4.69, 9.17) is 5.90 Å². The van der Waals surface area contributed by atoms with Gasteiger partial charge in [-0.3, -0.25) is 0 Å². The molecule has 2 N–H and O–H groups in total. The summed E-state index contributed by atoms with van der Waals surface area (Å²) in [7, 11) is -3.25. The Hall–Kier alpha value is -1.07. The van der Waals surface area contributed by atoms with Crippen molar-refractivity contribution in [2.24, 2.45) is 5.90 Å². The molecule has 5 heteroatoms. The Morgan fingerprint density at radius 1 is 1.38 bits per heavy atom. The Kier molecular flexibility index (Phi) is 2.90. The fourth-order valence-electron chi connectivity index (χ4n) is 0.960. The van der Waals surface area contributed by atoms with Gasteiger partial charge in [0.1, 0.15) is 4.90 Å². The summed E-state index contributed by atoms with van der Waals surface area (Å²) in [6, 6.07) is 6.28. The summed E-state index contributed by atoms with van der Waals surface area (Å²) in [5, 5.41) is 0. The molecule has 0 spiro atoms. The van der Waals surface area contributed by atoms with Crippen LogP contribution in [0.2, 0.25) is 0 Å². The monoisotopic (exact) mass is 201 g/mol. The Balaban J connectivity index is 3.29. The largest absolute Gasteiger partial charge is 0.410 e. The summed E-state index contributed by atoms with van der Waals surface area (Å²) >= 11 is 0. The van der Waals surface area contributed by atoms with Gasteiger partial charge < -0.3 is 4.84 Å². The molecule has 0 bridgehead atoms. The summed E-state index contributed by atoms with van der Waals surface area (Å²) < 4.78 is 22.9. The van der Waals surface area contributed by atoms with Gasteiger partial charge in [-0.05, 0) is 12.1 Å². The van der Waals surface area contributed by atoms with Crippen molar-refractivity contribution in [1.82, 2.24) is 0 Å². The van der Waals surface area contributed by atoms with Gasteiger partial charge in [0.05, 0.1) is 5.75 Å². The van der Waals surface area contributed by atoms with Crippen LogP contribution >= 0.6 is 0 Å². The van der Waals surface area contributed by atoms with Crippen LogP contribution in [0.1, 0.15) is 6.92 Å². The quantitative estimate of drug-likeness (QED) is 0.732. The first-order valence-corrected chi connectivity index (χ1v) is 5.45. The van der Waals surface area contributed by atoms with Crippen LogP contribution in [-0.2, 0) is 9.84 Å². The van der Waals surface area contributed by atoms with Gasteiger partial charge >= 0.3 is 0 Å². The number of para-hydroxylation sites is 1. The maximum atomic E-state index is 11.4. The summed E-state index contributed by atoms with van der Waals surface area (Å²) in [6.07, 6.45) is 0. The molecule has 0 fully saturated rings. The van der Waals surface area contributed by atoms with Crippen molar-refractivity contribution in [1.29, 1.82) is 0 Å². The highest BCUT2D eigenvalue weighted by molar-refractivity contribution is 7.91. The highest BCUT2D eigenvalue weighted by Crippen LogP contribution is 2.22. The average Bonchev–Trinajstić information content (AvgIpc) is 2.18. The second-order valence-electron chi connectivity index (χ2n) is 2.47. The lowest BCUT2D eigenvalue weighted by atomic mass is 10.3. The Bertz CT molecular complexity index is 386. The third-order valence-electron chi connectivity index (χ3n) is 1.69. The number of hydrogen-bond acceptors (Lipinski definition) is 4. The van der Waals surface area contributed by atoms with Gasteiger partial charge in [-0.2, -0.15) is 5.90 Å². The highest BCUT2D eigenvalue weighted by Gasteiger charge is 2.16. The lowest BCUT2D eigenvalue weighted by Gasteiger charge is -2.05. The number of nitrogens with two attached hydrogens (primary N) is 1. The molecule has 0 unspecified atom stereocenters. The molecule has 0 aliphatic carbocycles. The fourth-order valence-corrected chi connectivity index (χ4v) is 1.98. The zero-order valence-corrected chi connectivity index (χ0v) is 8.04. The SMILES string of the molecule is CCS(=O)(=O)c1ccccc1ON. The first kappa shape index (κ1) is 10.0. The summed E-state index contributed by atoms with van der Waals surface area (Å²) in [5.41, 5.74) is 0. The molecule has 13 heavy (non-hydrogen) atoms. The molecule has 0 aliphatic rings. The topological polar surface area (TPSA) is 69.4 Å². The van der Waals surface area contributed by atoms with Gasteiger partial charge in [0.2, 0.25) is 0 Å². The number of sulfone groups is 1. The molecule has 0 saturated heterocycles. The van der Waals surface area contributed by atoms with Crippen molar-refractivity contribution < 1.29 is 13.3 Å². The Morgan fingerprint density at radius 2 is 2.00 bits per heavy atom. The molecule has 0 aromatic heterocycles. The number of rotatable bonds is 3. The van der Waals surface area contributed by atoms with E-state index < -0.39 is 9.84 Å². The minimum Gasteiger partial charge on any atom is -0.410 e. The predicted octanol–water partition coefficient (Wildman–Crippen LogP) is 0.733. The van der Waals surface area contributed by atoms with Crippen LogP contribution in [0.5, 0.6) is 5.75 Å². The zero-order valence-electron chi connectivity index (χ0n) is 7.23. The smallest absolute Gasteiger partial charge is 0.181 e. The van der Waals surface area contributed by atoms with Crippen LogP contribution in [0.15, 0.2) is 29.2 Å². The van der Waals surface area contributed by atoms with Crippen LogP contribution in [0.4, 0.5) is 0 Å². The van der Waals surface area contributed by atoms with Gasteiger partial charge in [-0.15, -0.1) is 0 Å². The molecular weight excluding hydrogens is 190 g/mol. The zero-order chi connectivity index (χ0) is 9.90. The Morgan fingerprint density at radius 3 is 2.54 bits per heavy atom. The van der Waals surface area contributed by atoms with E-state index in [1.807, 2.05) is 0 Å². The molecule has 1 rings (SSSR count). The van der Waals surface area contributed by atoms with E-state index >= 15 is 0 Å².